The Bertz CT molecular complexity index is 1150. The largest absolute Gasteiger partial charge is 0.497 e. The maximum absolute atomic E-state index is 13.0. The van der Waals surface area contributed by atoms with Gasteiger partial charge < -0.3 is 14.6 Å². The third-order valence-corrected chi connectivity index (χ3v) is 5.28. The molecule has 0 aliphatic heterocycles. The molecule has 0 saturated carbocycles. The van der Waals surface area contributed by atoms with Gasteiger partial charge in [0.1, 0.15) is 5.75 Å². The van der Waals surface area contributed by atoms with Crippen molar-refractivity contribution in [2.75, 3.05) is 13.7 Å². The van der Waals surface area contributed by atoms with E-state index in [1.165, 1.54) is 0 Å². The standard InChI is InChI=1S/C26H25N3O2/c1-19-24(26(30)28-17-15-21-8-6-7-16-27-21)18-25(20-11-13-23(31-2)14-12-20)29(19)22-9-4-3-5-10-22/h3-14,16,18H,15,17H2,1-2H3,(H,28,30). The number of hydrogen-bond acceptors (Lipinski definition) is 3. The second-order valence-electron chi connectivity index (χ2n) is 7.26. The summed E-state index contributed by atoms with van der Waals surface area (Å²) in [5.41, 5.74) is 5.50. The van der Waals surface area contributed by atoms with Crippen molar-refractivity contribution in [3.8, 4) is 22.7 Å². The van der Waals surface area contributed by atoms with E-state index >= 15 is 0 Å². The molecule has 0 unspecified atom stereocenters. The third kappa shape index (κ3) is 4.51. The van der Waals surface area contributed by atoms with Crippen LogP contribution in [0.15, 0.2) is 85.1 Å². The summed E-state index contributed by atoms with van der Waals surface area (Å²) in [5.74, 6) is 0.712. The van der Waals surface area contributed by atoms with E-state index in [1.807, 2.05) is 85.8 Å². The van der Waals surface area contributed by atoms with Gasteiger partial charge in [0.15, 0.2) is 0 Å². The molecule has 31 heavy (non-hydrogen) atoms. The number of rotatable bonds is 7. The third-order valence-electron chi connectivity index (χ3n) is 5.28. The van der Waals surface area contributed by atoms with Gasteiger partial charge in [-0.3, -0.25) is 9.78 Å². The lowest BCUT2D eigenvalue weighted by Crippen LogP contribution is -2.26. The van der Waals surface area contributed by atoms with Crippen molar-refractivity contribution in [1.29, 1.82) is 0 Å². The number of benzene rings is 2. The molecule has 0 aliphatic carbocycles. The van der Waals surface area contributed by atoms with Gasteiger partial charge >= 0.3 is 0 Å². The Kier molecular flexibility index (Phi) is 6.13. The molecule has 0 saturated heterocycles. The first kappa shape index (κ1) is 20.4. The number of methoxy groups -OCH3 is 1. The second kappa shape index (κ2) is 9.30. The van der Waals surface area contributed by atoms with E-state index in [1.54, 1.807) is 13.3 Å². The smallest absolute Gasteiger partial charge is 0.253 e. The first-order chi connectivity index (χ1) is 15.2. The number of amides is 1. The number of aromatic nitrogens is 2. The number of hydrogen-bond donors (Lipinski definition) is 1. The van der Waals surface area contributed by atoms with Gasteiger partial charge in [0.05, 0.1) is 18.4 Å². The summed E-state index contributed by atoms with van der Waals surface area (Å²) in [4.78, 5) is 17.3. The molecule has 2 aromatic heterocycles. The van der Waals surface area contributed by atoms with Crippen LogP contribution in [0, 0.1) is 6.92 Å². The van der Waals surface area contributed by atoms with Crippen molar-refractivity contribution in [3.05, 3.63) is 102 Å². The highest BCUT2D eigenvalue weighted by Gasteiger charge is 2.19. The Morgan fingerprint density at radius 3 is 2.42 bits per heavy atom. The highest BCUT2D eigenvalue weighted by Crippen LogP contribution is 2.30. The van der Waals surface area contributed by atoms with Gasteiger partial charge in [-0.1, -0.05) is 24.3 Å². The summed E-state index contributed by atoms with van der Waals surface area (Å²) in [6, 6.07) is 25.7. The minimum atomic E-state index is -0.0853. The van der Waals surface area contributed by atoms with Gasteiger partial charge in [-0.2, -0.15) is 0 Å². The Balaban J connectivity index is 1.65. The fraction of sp³-hybridized carbons (Fsp3) is 0.154. The number of carbonyl (C=O) groups excluding carboxylic acids is 1. The Labute approximate surface area is 182 Å². The molecule has 5 heteroatoms. The molecular weight excluding hydrogens is 386 g/mol. The summed E-state index contributed by atoms with van der Waals surface area (Å²) in [5, 5.41) is 3.04. The van der Waals surface area contributed by atoms with Crippen LogP contribution in [-0.2, 0) is 6.42 Å². The molecule has 0 atom stereocenters. The zero-order chi connectivity index (χ0) is 21.6. The van der Waals surface area contributed by atoms with Crippen molar-refractivity contribution in [2.24, 2.45) is 0 Å². The van der Waals surface area contributed by atoms with Gasteiger partial charge in [-0.15, -0.1) is 0 Å². The molecule has 0 spiro atoms. The molecule has 4 aromatic rings. The number of ether oxygens (including phenoxy) is 1. The Morgan fingerprint density at radius 2 is 1.74 bits per heavy atom. The molecule has 2 heterocycles. The zero-order valence-electron chi connectivity index (χ0n) is 17.7. The maximum Gasteiger partial charge on any atom is 0.253 e. The molecule has 0 fully saturated rings. The average Bonchev–Trinajstić information content (AvgIpc) is 3.17. The minimum Gasteiger partial charge on any atom is -0.497 e. The highest BCUT2D eigenvalue weighted by molar-refractivity contribution is 5.97. The highest BCUT2D eigenvalue weighted by atomic mass is 16.5. The van der Waals surface area contributed by atoms with E-state index in [4.69, 9.17) is 4.74 Å². The summed E-state index contributed by atoms with van der Waals surface area (Å²) in [6.07, 6.45) is 2.46. The summed E-state index contributed by atoms with van der Waals surface area (Å²) in [7, 11) is 1.65. The van der Waals surface area contributed by atoms with E-state index in [-0.39, 0.29) is 5.91 Å². The topological polar surface area (TPSA) is 56.1 Å². The van der Waals surface area contributed by atoms with E-state index in [2.05, 4.69) is 14.9 Å². The van der Waals surface area contributed by atoms with Gasteiger partial charge in [0.25, 0.3) is 5.91 Å². The van der Waals surface area contributed by atoms with Gasteiger partial charge in [-0.25, -0.2) is 0 Å². The summed E-state index contributed by atoms with van der Waals surface area (Å²) < 4.78 is 7.41. The van der Waals surface area contributed by atoms with Gasteiger partial charge in [0.2, 0.25) is 0 Å². The van der Waals surface area contributed by atoms with Crippen molar-refractivity contribution in [3.63, 3.8) is 0 Å². The van der Waals surface area contributed by atoms with Crippen LogP contribution in [0.2, 0.25) is 0 Å². The van der Waals surface area contributed by atoms with Crippen LogP contribution in [0.3, 0.4) is 0 Å². The monoisotopic (exact) mass is 411 g/mol. The first-order valence-corrected chi connectivity index (χ1v) is 10.3. The fourth-order valence-electron chi connectivity index (χ4n) is 3.67. The molecule has 156 valence electrons. The molecule has 1 amide bonds. The van der Waals surface area contributed by atoms with Crippen LogP contribution < -0.4 is 10.1 Å². The first-order valence-electron chi connectivity index (χ1n) is 10.3. The van der Waals surface area contributed by atoms with Crippen molar-refractivity contribution < 1.29 is 9.53 Å². The van der Waals surface area contributed by atoms with E-state index < -0.39 is 0 Å². The summed E-state index contributed by atoms with van der Waals surface area (Å²) >= 11 is 0. The van der Waals surface area contributed by atoms with Crippen molar-refractivity contribution in [1.82, 2.24) is 14.9 Å². The number of nitrogens with zero attached hydrogens (tertiary/aromatic N) is 2. The van der Waals surface area contributed by atoms with Gasteiger partial charge in [-0.05, 0) is 67.1 Å². The van der Waals surface area contributed by atoms with E-state index in [0.29, 0.717) is 18.5 Å². The van der Waals surface area contributed by atoms with Crippen LogP contribution in [0.1, 0.15) is 21.7 Å². The summed E-state index contributed by atoms with van der Waals surface area (Å²) in [6.45, 7) is 2.51. The van der Waals surface area contributed by atoms with Crippen LogP contribution in [0.25, 0.3) is 16.9 Å². The SMILES string of the molecule is COc1ccc(-c2cc(C(=O)NCCc3ccccn3)c(C)n2-c2ccccc2)cc1. The predicted molar refractivity (Wildman–Crippen MR) is 123 cm³/mol. The van der Waals surface area contributed by atoms with Crippen LogP contribution >= 0.6 is 0 Å². The second-order valence-corrected chi connectivity index (χ2v) is 7.26. The number of carbonyl (C=O) groups is 1. The van der Waals surface area contributed by atoms with Crippen LogP contribution in [0.4, 0.5) is 0 Å². The Hall–Kier alpha value is -3.86. The van der Waals surface area contributed by atoms with Crippen molar-refractivity contribution >= 4 is 5.91 Å². The van der Waals surface area contributed by atoms with Crippen LogP contribution in [-0.4, -0.2) is 29.1 Å². The number of nitrogens with one attached hydrogen (secondary N) is 1. The molecule has 5 nitrogen and oxygen atoms in total. The molecule has 2 aromatic carbocycles. The zero-order valence-corrected chi connectivity index (χ0v) is 17.7. The van der Waals surface area contributed by atoms with Gasteiger partial charge in [0, 0.05) is 36.2 Å². The quantitative estimate of drug-likeness (QED) is 0.474. The van der Waals surface area contributed by atoms with E-state index in [0.717, 1.165) is 34.1 Å². The van der Waals surface area contributed by atoms with Crippen LogP contribution in [0.5, 0.6) is 5.75 Å². The average molecular weight is 412 g/mol. The molecule has 4 rings (SSSR count). The molecule has 0 radical (unpaired) electrons. The van der Waals surface area contributed by atoms with E-state index in [9.17, 15) is 4.79 Å². The normalized spacial score (nSPS) is 10.6. The predicted octanol–water partition coefficient (Wildman–Crippen LogP) is 4.83. The fourth-order valence-corrected chi connectivity index (χ4v) is 3.67. The lowest BCUT2D eigenvalue weighted by Gasteiger charge is -2.12. The molecule has 0 aliphatic rings. The Morgan fingerprint density at radius 1 is 1.00 bits per heavy atom. The molecule has 0 bridgehead atoms. The molecule has 1 N–H and O–H groups in total. The number of para-hydroxylation sites is 1. The lowest BCUT2D eigenvalue weighted by atomic mass is 10.1. The maximum atomic E-state index is 13.0. The lowest BCUT2D eigenvalue weighted by molar-refractivity contribution is 0.0953. The van der Waals surface area contributed by atoms with Crippen molar-refractivity contribution in [2.45, 2.75) is 13.3 Å². The number of pyridine rings is 1. The minimum absolute atomic E-state index is 0.0853. The molecular formula is C26H25N3O2.